The maximum atomic E-state index is 5.95. The number of nitrogens with two attached hydrogens (primary N) is 1. The summed E-state index contributed by atoms with van der Waals surface area (Å²) >= 11 is 1.61. The molecule has 0 saturated carbocycles. The third-order valence-electron chi connectivity index (χ3n) is 4.39. The van der Waals surface area contributed by atoms with E-state index < -0.39 is 0 Å². The molecule has 5 nitrogen and oxygen atoms in total. The van der Waals surface area contributed by atoms with Gasteiger partial charge in [0.15, 0.2) is 0 Å². The predicted molar refractivity (Wildman–Crippen MR) is 121 cm³/mol. The van der Waals surface area contributed by atoms with E-state index in [2.05, 4.69) is 71.4 Å². The van der Waals surface area contributed by atoms with E-state index in [4.69, 9.17) is 5.73 Å². The minimum absolute atomic E-state index is 0. The van der Waals surface area contributed by atoms with Crippen molar-refractivity contribution < 1.29 is 0 Å². The number of hydrogen-bond acceptors (Lipinski definition) is 6. The molecule has 0 aliphatic rings. The lowest BCUT2D eigenvalue weighted by molar-refractivity contribution is 0.590. The zero-order valence-electron chi connectivity index (χ0n) is 15.9. The Labute approximate surface area is 174 Å². The molecule has 4 rings (SSSR count). The number of halogens is 1. The van der Waals surface area contributed by atoms with Crippen molar-refractivity contribution in [3.63, 3.8) is 0 Å². The van der Waals surface area contributed by atoms with E-state index in [0.29, 0.717) is 5.82 Å². The van der Waals surface area contributed by atoms with Crippen LogP contribution in [0.2, 0.25) is 0 Å². The lowest BCUT2D eigenvalue weighted by Gasteiger charge is -2.19. The number of anilines is 3. The van der Waals surface area contributed by atoms with Gasteiger partial charge in [-0.05, 0) is 29.2 Å². The molecule has 4 aromatic rings. The highest BCUT2D eigenvalue weighted by molar-refractivity contribution is 7.16. The Hall–Kier alpha value is -2.70. The topological polar surface area (TPSA) is 76.7 Å². The van der Waals surface area contributed by atoms with Crippen molar-refractivity contribution in [2.24, 2.45) is 0 Å². The lowest BCUT2D eigenvalue weighted by atomic mass is 9.86. The molecule has 144 valence electrons. The van der Waals surface area contributed by atoms with Crippen molar-refractivity contribution >= 4 is 51.4 Å². The molecule has 2 heterocycles. The molecule has 28 heavy (non-hydrogen) atoms. The average molecular weight is 412 g/mol. The lowest BCUT2D eigenvalue weighted by Crippen LogP contribution is -2.10. The number of fused-ring (bicyclic) bond motifs is 1. The first-order chi connectivity index (χ1) is 12.9. The van der Waals surface area contributed by atoms with Gasteiger partial charge in [-0.2, -0.15) is 4.98 Å². The minimum atomic E-state index is 0. The smallest absolute Gasteiger partial charge is 0.222 e. The van der Waals surface area contributed by atoms with Gasteiger partial charge in [0, 0.05) is 17.3 Å². The molecule has 0 atom stereocenters. The molecule has 0 saturated heterocycles. The monoisotopic (exact) mass is 411 g/mol. The zero-order valence-corrected chi connectivity index (χ0v) is 17.6. The van der Waals surface area contributed by atoms with E-state index in [9.17, 15) is 0 Å². The third kappa shape index (κ3) is 4.24. The van der Waals surface area contributed by atoms with Crippen molar-refractivity contribution in [3.05, 3.63) is 59.6 Å². The Morgan fingerprint density at radius 1 is 0.964 bits per heavy atom. The Balaban J connectivity index is 0.00000225. The number of nitrogens with one attached hydrogen (secondary N) is 1. The van der Waals surface area contributed by atoms with Gasteiger partial charge in [0.05, 0.1) is 21.4 Å². The number of hydrogen-bond donors (Lipinski definition) is 2. The van der Waals surface area contributed by atoms with Crippen LogP contribution in [0.1, 0.15) is 26.3 Å². The fraction of sp³-hybridized carbons (Fsp3) is 0.190. The Morgan fingerprint density at radius 2 is 1.71 bits per heavy atom. The molecule has 0 aliphatic heterocycles. The number of benzene rings is 2. The zero-order chi connectivity index (χ0) is 19.0. The second kappa shape index (κ2) is 7.73. The van der Waals surface area contributed by atoms with Crippen molar-refractivity contribution in [2.45, 2.75) is 26.2 Å². The Kier molecular flexibility index (Phi) is 5.54. The molecule has 0 bridgehead atoms. The van der Waals surface area contributed by atoms with Gasteiger partial charge in [-0.3, -0.25) is 0 Å². The van der Waals surface area contributed by atoms with Crippen LogP contribution in [0.15, 0.2) is 54.0 Å². The van der Waals surface area contributed by atoms with Gasteiger partial charge in [-0.1, -0.05) is 45.0 Å². The quantitative estimate of drug-likeness (QED) is 0.445. The number of nitrogen functional groups attached to an aromatic ring is 1. The molecule has 0 fully saturated rings. The molecular weight excluding hydrogens is 390 g/mol. The number of rotatable bonds is 3. The van der Waals surface area contributed by atoms with Crippen molar-refractivity contribution in [1.82, 2.24) is 15.0 Å². The third-order valence-corrected chi connectivity index (χ3v) is 5.19. The molecule has 0 spiro atoms. The van der Waals surface area contributed by atoms with Crippen LogP contribution in [0.25, 0.3) is 21.5 Å². The SMILES string of the molecule is CC(C)(C)c1ccc(-c2cc(Nc3ccc4ncsc4c3)nc(N)n2)cc1.Cl. The highest BCUT2D eigenvalue weighted by Gasteiger charge is 2.14. The van der Waals surface area contributed by atoms with Crippen molar-refractivity contribution in [1.29, 1.82) is 0 Å². The van der Waals surface area contributed by atoms with Gasteiger partial charge in [-0.25, -0.2) is 9.97 Å². The molecule has 7 heteroatoms. The Bertz CT molecular complexity index is 1100. The summed E-state index contributed by atoms with van der Waals surface area (Å²) in [6.45, 7) is 6.60. The average Bonchev–Trinajstić information content (AvgIpc) is 3.08. The summed E-state index contributed by atoms with van der Waals surface area (Å²) in [5.41, 5.74) is 12.9. The van der Waals surface area contributed by atoms with Gasteiger partial charge in [0.2, 0.25) is 5.95 Å². The van der Waals surface area contributed by atoms with Crippen LogP contribution >= 0.6 is 23.7 Å². The first-order valence-corrected chi connectivity index (χ1v) is 9.62. The van der Waals surface area contributed by atoms with Crippen LogP contribution in [0.4, 0.5) is 17.5 Å². The van der Waals surface area contributed by atoms with E-state index in [-0.39, 0.29) is 23.8 Å². The summed E-state index contributed by atoms with van der Waals surface area (Å²) in [7, 11) is 0. The van der Waals surface area contributed by atoms with Crippen LogP contribution < -0.4 is 11.1 Å². The predicted octanol–water partition coefficient (Wildman–Crippen LogP) is 5.80. The highest BCUT2D eigenvalue weighted by Crippen LogP contribution is 2.28. The van der Waals surface area contributed by atoms with Gasteiger partial charge in [0.1, 0.15) is 5.82 Å². The highest BCUT2D eigenvalue weighted by atomic mass is 35.5. The summed E-state index contributed by atoms with van der Waals surface area (Å²) in [6.07, 6.45) is 0. The fourth-order valence-corrected chi connectivity index (χ4v) is 3.62. The van der Waals surface area contributed by atoms with E-state index in [1.165, 1.54) is 5.56 Å². The van der Waals surface area contributed by atoms with Gasteiger partial charge in [0.25, 0.3) is 0 Å². The van der Waals surface area contributed by atoms with Crippen LogP contribution in [0.5, 0.6) is 0 Å². The molecule has 0 unspecified atom stereocenters. The van der Waals surface area contributed by atoms with Gasteiger partial charge >= 0.3 is 0 Å². The summed E-state index contributed by atoms with van der Waals surface area (Å²) < 4.78 is 1.13. The summed E-state index contributed by atoms with van der Waals surface area (Å²) in [5.74, 6) is 0.912. The first kappa shape index (κ1) is 20.0. The number of aromatic nitrogens is 3. The van der Waals surface area contributed by atoms with Crippen LogP contribution in [0, 0.1) is 0 Å². The molecule has 3 N–H and O–H groups in total. The van der Waals surface area contributed by atoms with E-state index in [0.717, 1.165) is 27.2 Å². The molecule has 2 aromatic carbocycles. The fourth-order valence-electron chi connectivity index (χ4n) is 2.90. The molecule has 0 amide bonds. The number of nitrogens with zero attached hydrogens (tertiary/aromatic N) is 3. The standard InChI is InChI=1S/C21H21N5S.ClH/c1-21(2,3)14-6-4-13(5-7-14)17-11-19(26-20(22)25-17)24-15-8-9-16-18(10-15)27-12-23-16;/h4-12H,1-3H3,(H3,22,24,25,26);1H. The normalized spacial score (nSPS) is 11.2. The van der Waals surface area contributed by atoms with Gasteiger partial charge in [-0.15, -0.1) is 23.7 Å². The molecular formula is C21H22ClN5S. The van der Waals surface area contributed by atoms with E-state index in [1.807, 2.05) is 23.7 Å². The van der Waals surface area contributed by atoms with E-state index in [1.54, 1.807) is 11.3 Å². The number of thiazole rings is 1. The van der Waals surface area contributed by atoms with Crippen LogP contribution in [-0.2, 0) is 5.41 Å². The van der Waals surface area contributed by atoms with Crippen LogP contribution in [0.3, 0.4) is 0 Å². The summed E-state index contributed by atoms with van der Waals surface area (Å²) in [6, 6.07) is 16.4. The maximum absolute atomic E-state index is 5.95. The largest absolute Gasteiger partial charge is 0.368 e. The Morgan fingerprint density at radius 3 is 2.43 bits per heavy atom. The molecule has 0 aliphatic carbocycles. The van der Waals surface area contributed by atoms with Crippen molar-refractivity contribution in [2.75, 3.05) is 11.1 Å². The van der Waals surface area contributed by atoms with E-state index >= 15 is 0 Å². The summed E-state index contributed by atoms with van der Waals surface area (Å²) in [4.78, 5) is 13.0. The second-order valence-corrected chi connectivity index (χ2v) is 8.37. The van der Waals surface area contributed by atoms with Gasteiger partial charge < -0.3 is 11.1 Å². The minimum Gasteiger partial charge on any atom is -0.368 e. The first-order valence-electron chi connectivity index (χ1n) is 8.74. The maximum Gasteiger partial charge on any atom is 0.222 e. The molecule has 0 radical (unpaired) electrons. The second-order valence-electron chi connectivity index (χ2n) is 7.48. The van der Waals surface area contributed by atoms with Crippen molar-refractivity contribution in [3.8, 4) is 11.3 Å². The van der Waals surface area contributed by atoms with Crippen LogP contribution in [-0.4, -0.2) is 15.0 Å². The molecule has 2 aromatic heterocycles. The summed E-state index contributed by atoms with van der Waals surface area (Å²) in [5, 5.41) is 3.32.